The number of nitrogens with zero attached hydrogens (tertiary/aromatic N) is 3. The van der Waals surface area contributed by atoms with Crippen molar-refractivity contribution >= 4 is 34.5 Å². The van der Waals surface area contributed by atoms with E-state index in [2.05, 4.69) is 4.99 Å². The second-order valence-electron chi connectivity index (χ2n) is 9.74. The fourth-order valence-electron chi connectivity index (χ4n) is 5.39. The molecule has 10 nitrogen and oxygen atoms in total. The molecule has 41 heavy (non-hydrogen) atoms. The first-order chi connectivity index (χ1) is 19.7. The first-order valence-electron chi connectivity index (χ1n) is 13.1. The molecule has 1 atom stereocenters. The molecule has 2 aliphatic heterocycles. The molecule has 3 aromatic rings. The van der Waals surface area contributed by atoms with Crippen LogP contribution in [0.1, 0.15) is 44.9 Å². The topological polar surface area (TPSA) is 109 Å². The number of aromatic nitrogens is 1. The van der Waals surface area contributed by atoms with Crippen molar-refractivity contribution in [2.75, 3.05) is 32.8 Å². The molecule has 2 aromatic carbocycles. The highest BCUT2D eigenvalue weighted by molar-refractivity contribution is 7.07. The summed E-state index contributed by atoms with van der Waals surface area (Å²) in [7, 11) is 4.48. The molecule has 0 aliphatic carbocycles. The zero-order valence-electron chi connectivity index (χ0n) is 23.9. The Kier molecular flexibility index (Phi) is 7.48. The number of para-hydroxylation sites is 1. The maximum atomic E-state index is 14.3. The van der Waals surface area contributed by atoms with Gasteiger partial charge in [-0.05, 0) is 51.5 Å². The average Bonchev–Trinajstić information content (AvgIpc) is 3.43. The lowest BCUT2D eigenvalue weighted by Gasteiger charge is -2.26. The number of hydrogen-bond acceptors (Lipinski definition) is 9. The number of rotatable bonds is 7. The number of esters is 1. The van der Waals surface area contributed by atoms with Gasteiger partial charge in [0.2, 0.25) is 5.75 Å². The van der Waals surface area contributed by atoms with Crippen molar-refractivity contribution in [3.05, 3.63) is 78.5 Å². The van der Waals surface area contributed by atoms with Gasteiger partial charge in [-0.3, -0.25) is 14.2 Å². The number of allylic oxidation sites excluding steroid dienone is 1. The number of hydrogen-bond donors (Lipinski definition) is 0. The second kappa shape index (κ2) is 10.9. The van der Waals surface area contributed by atoms with Crippen LogP contribution in [0.25, 0.3) is 5.57 Å². The van der Waals surface area contributed by atoms with E-state index in [1.54, 1.807) is 30.9 Å². The number of anilines is 1. The van der Waals surface area contributed by atoms with E-state index in [0.29, 0.717) is 44.4 Å². The highest BCUT2D eigenvalue weighted by atomic mass is 32.1. The Bertz CT molecular complexity index is 1760. The van der Waals surface area contributed by atoms with Crippen molar-refractivity contribution in [2.45, 2.75) is 39.8 Å². The predicted octanol–water partition coefficient (Wildman–Crippen LogP) is 2.95. The van der Waals surface area contributed by atoms with Crippen molar-refractivity contribution in [3.8, 4) is 17.2 Å². The second-order valence-corrected chi connectivity index (χ2v) is 10.7. The van der Waals surface area contributed by atoms with Crippen molar-refractivity contribution in [1.29, 1.82) is 0 Å². The first kappa shape index (κ1) is 28.2. The van der Waals surface area contributed by atoms with Gasteiger partial charge >= 0.3 is 5.97 Å². The molecule has 0 N–H and O–H groups in total. The van der Waals surface area contributed by atoms with Crippen molar-refractivity contribution in [1.82, 2.24) is 4.57 Å². The summed E-state index contributed by atoms with van der Waals surface area (Å²) >= 11 is 1.12. The number of amides is 1. The van der Waals surface area contributed by atoms with E-state index in [1.165, 1.54) is 25.9 Å². The van der Waals surface area contributed by atoms with Gasteiger partial charge in [-0.1, -0.05) is 29.5 Å². The van der Waals surface area contributed by atoms with Crippen molar-refractivity contribution in [2.24, 2.45) is 4.99 Å². The summed E-state index contributed by atoms with van der Waals surface area (Å²) in [5.74, 6) is 0.235. The molecule has 0 radical (unpaired) electrons. The highest BCUT2D eigenvalue weighted by Crippen LogP contribution is 2.42. The summed E-state index contributed by atoms with van der Waals surface area (Å²) < 4.78 is 23.7. The van der Waals surface area contributed by atoms with Crippen LogP contribution in [0.3, 0.4) is 0 Å². The highest BCUT2D eigenvalue weighted by Gasteiger charge is 2.38. The van der Waals surface area contributed by atoms with Crippen LogP contribution in [0.5, 0.6) is 17.2 Å². The Morgan fingerprint density at radius 2 is 1.71 bits per heavy atom. The fourth-order valence-corrected chi connectivity index (χ4v) is 6.53. The van der Waals surface area contributed by atoms with Gasteiger partial charge in [-0.15, -0.1) is 0 Å². The quantitative estimate of drug-likeness (QED) is 0.398. The van der Waals surface area contributed by atoms with Gasteiger partial charge in [-0.25, -0.2) is 9.79 Å². The molecular formula is C30H31N3O7S. The summed E-state index contributed by atoms with van der Waals surface area (Å²) in [5, 5.41) is 0. The van der Waals surface area contributed by atoms with E-state index >= 15 is 0 Å². The normalized spacial score (nSPS) is 17.3. The Morgan fingerprint density at radius 1 is 1.05 bits per heavy atom. The third-order valence-corrected chi connectivity index (χ3v) is 8.16. The van der Waals surface area contributed by atoms with E-state index in [-0.39, 0.29) is 28.7 Å². The number of ether oxygens (including phenoxy) is 4. The van der Waals surface area contributed by atoms with Gasteiger partial charge in [-0.2, -0.15) is 0 Å². The van der Waals surface area contributed by atoms with Crippen LogP contribution < -0.4 is 34.0 Å². The zero-order valence-corrected chi connectivity index (χ0v) is 24.8. The van der Waals surface area contributed by atoms with Crippen molar-refractivity contribution < 1.29 is 28.5 Å². The summed E-state index contributed by atoms with van der Waals surface area (Å²) in [5.41, 5.74) is 2.44. The molecule has 11 heteroatoms. The minimum Gasteiger partial charge on any atom is -0.493 e. The lowest BCUT2D eigenvalue weighted by Crippen LogP contribution is -2.41. The lowest BCUT2D eigenvalue weighted by atomic mass is 9.95. The van der Waals surface area contributed by atoms with Crippen LogP contribution in [0.15, 0.2) is 57.5 Å². The van der Waals surface area contributed by atoms with E-state index < -0.39 is 17.6 Å². The minimum absolute atomic E-state index is 0.116. The van der Waals surface area contributed by atoms with Crippen LogP contribution in [0, 0.1) is 0 Å². The molecule has 2 aliphatic rings. The molecule has 214 valence electrons. The molecule has 0 bridgehead atoms. The molecule has 0 saturated carbocycles. The molecule has 3 heterocycles. The molecule has 1 amide bonds. The minimum atomic E-state index is -0.929. The Morgan fingerprint density at radius 3 is 2.29 bits per heavy atom. The van der Waals surface area contributed by atoms with Crippen LogP contribution >= 0.6 is 11.3 Å². The standard InChI is InChI=1S/C30H31N3O7S/c1-8-40-29(36)22-16(4)31-30-33(24(22)17-13-20(37-5)25(39-7)21(14-17)38-6)28(35)26(41-30)23-18-11-9-10-12-19(18)32(15(2)3)27(23)34/h9-15,24H,8H2,1-7H3/b26-23+/t24-/m1/s1. The molecule has 0 unspecified atom stereocenters. The number of benzene rings is 2. The summed E-state index contributed by atoms with van der Waals surface area (Å²) in [6.45, 7) is 7.41. The molecule has 0 fully saturated rings. The van der Waals surface area contributed by atoms with Gasteiger partial charge in [0.15, 0.2) is 16.3 Å². The lowest BCUT2D eigenvalue weighted by molar-refractivity contribution is -0.139. The maximum Gasteiger partial charge on any atom is 0.338 e. The number of thiazole rings is 1. The molecule has 0 saturated heterocycles. The number of methoxy groups -OCH3 is 3. The van der Waals surface area contributed by atoms with Gasteiger partial charge in [0.05, 0.1) is 56.5 Å². The van der Waals surface area contributed by atoms with Crippen LogP contribution in [-0.4, -0.2) is 50.4 Å². The van der Waals surface area contributed by atoms with E-state index in [4.69, 9.17) is 18.9 Å². The largest absolute Gasteiger partial charge is 0.493 e. The zero-order chi connectivity index (χ0) is 29.6. The summed E-state index contributed by atoms with van der Waals surface area (Å²) in [4.78, 5) is 48.1. The number of fused-ring (bicyclic) bond motifs is 2. The first-order valence-corrected chi connectivity index (χ1v) is 13.9. The average molecular weight is 578 g/mol. The molecule has 1 aromatic heterocycles. The van der Waals surface area contributed by atoms with Gasteiger partial charge in [0.1, 0.15) is 4.53 Å². The maximum absolute atomic E-state index is 14.3. The third-order valence-electron chi connectivity index (χ3n) is 7.10. The van der Waals surface area contributed by atoms with E-state index in [9.17, 15) is 14.4 Å². The smallest absolute Gasteiger partial charge is 0.338 e. The fraction of sp³-hybridized carbons (Fsp3) is 0.333. The van der Waals surface area contributed by atoms with Gasteiger partial charge in [0, 0.05) is 11.6 Å². The predicted molar refractivity (Wildman–Crippen MR) is 155 cm³/mol. The summed E-state index contributed by atoms with van der Waals surface area (Å²) in [6, 6.07) is 9.77. The van der Waals surface area contributed by atoms with Crippen LogP contribution in [0.2, 0.25) is 0 Å². The molecule has 5 rings (SSSR count). The Labute approximate surface area is 240 Å². The molecular weight excluding hydrogens is 546 g/mol. The monoisotopic (exact) mass is 577 g/mol. The third kappa shape index (κ3) is 4.40. The van der Waals surface area contributed by atoms with Crippen LogP contribution in [-0.2, 0) is 14.3 Å². The molecule has 0 spiro atoms. The Balaban J connectivity index is 1.86. The summed E-state index contributed by atoms with van der Waals surface area (Å²) in [6.07, 6.45) is 0. The SMILES string of the molecule is CCOC(=O)C1=C(C)N=c2s/c(=C3/C(=O)N(C(C)C)c4ccccc43)c(=O)n2[C@@H]1c1cc(OC)c(OC)c(OC)c1. The van der Waals surface area contributed by atoms with Gasteiger partial charge < -0.3 is 23.8 Å². The van der Waals surface area contributed by atoms with E-state index in [1.807, 2.05) is 38.1 Å². The Hall–Kier alpha value is -4.38. The number of carbonyl (C=O) groups excluding carboxylic acids is 2. The number of carbonyl (C=O) groups is 2. The van der Waals surface area contributed by atoms with Gasteiger partial charge in [0.25, 0.3) is 11.5 Å². The van der Waals surface area contributed by atoms with E-state index in [0.717, 1.165) is 17.0 Å². The van der Waals surface area contributed by atoms with Crippen molar-refractivity contribution in [3.63, 3.8) is 0 Å². The van der Waals surface area contributed by atoms with Crippen LogP contribution in [0.4, 0.5) is 5.69 Å².